The third-order valence-electron chi connectivity index (χ3n) is 3.28. The third-order valence-corrected chi connectivity index (χ3v) is 4.26. The average Bonchev–Trinajstić information content (AvgIpc) is 2.58. The minimum absolute atomic E-state index is 0.361. The van der Waals surface area contributed by atoms with Gasteiger partial charge < -0.3 is 5.73 Å². The average molecular weight is 224 g/mol. The molecule has 0 bridgehead atoms. The molecule has 1 aliphatic rings. The first-order chi connectivity index (χ1) is 7.15. The van der Waals surface area contributed by atoms with E-state index in [1.807, 2.05) is 11.3 Å². The first-order valence-corrected chi connectivity index (χ1v) is 6.50. The van der Waals surface area contributed by atoms with Crippen molar-refractivity contribution in [1.82, 2.24) is 4.90 Å². The summed E-state index contributed by atoms with van der Waals surface area (Å²) in [6.45, 7) is 7.76. The van der Waals surface area contributed by atoms with E-state index in [4.69, 9.17) is 5.73 Å². The molecule has 1 saturated heterocycles. The van der Waals surface area contributed by atoms with E-state index >= 15 is 0 Å². The Labute approximate surface area is 96.1 Å². The first kappa shape index (κ1) is 11.1. The Bertz CT molecular complexity index is 321. The molecule has 0 saturated carbocycles. The van der Waals surface area contributed by atoms with Crippen LogP contribution >= 0.6 is 11.3 Å². The summed E-state index contributed by atoms with van der Waals surface area (Å²) in [4.78, 5) is 5.35. The molecule has 15 heavy (non-hydrogen) atoms. The molecule has 3 heteroatoms. The Morgan fingerprint density at radius 1 is 1.53 bits per heavy atom. The molecule has 1 aromatic rings. The highest BCUT2D eigenvalue weighted by molar-refractivity contribution is 7.11. The van der Waals surface area contributed by atoms with Crippen LogP contribution in [0.4, 0.5) is 0 Å². The molecule has 0 amide bonds. The SMILES string of the molecule is Cc1ccc(CN2CCC(C)C(N)C2)s1. The van der Waals surface area contributed by atoms with Gasteiger partial charge in [0.25, 0.3) is 0 Å². The van der Waals surface area contributed by atoms with Crippen LogP contribution in [-0.4, -0.2) is 24.0 Å². The molecule has 84 valence electrons. The van der Waals surface area contributed by atoms with E-state index < -0.39 is 0 Å². The van der Waals surface area contributed by atoms with Crippen molar-refractivity contribution in [3.05, 3.63) is 21.9 Å². The van der Waals surface area contributed by atoms with Crippen molar-refractivity contribution < 1.29 is 0 Å². The highest BCUT2D eigenvalue weighted by Crippen LogP contribution is 2.21. The predicted octanol–water partition coefficient (Wildman–Crippen LogP) is 2.23. The number of rotatable bonds is 2. The number of hydrogen-bond donors (Lipinski definition) is 1. The van der Waals surface area contributed by atoms with E-state index in [0.717, 1.165) is 13.1 Å². The van der Waals surface area contributed by atoms with Gasteiger partial charge in [-0.2, -0.15) is 0 Å². The van der Waals surface area contributed by atoms with E-state index in [0.29, 0.717) is 12.0 Å². The maximum atomic E-state index is 6.09. The summed E-state index contributed by atoms with van der Waals surface area (Å²) < 4.78 is 0. The highest BCUT2D eigenvalue weighted by Gasteiger charge is 2.23. The summed E-state index contributed by atoms with van der Waals surface area (Å²) in [6, 6.07) is 4.80. The summed E-state index contributed by atoms with van der Waals surface area (Å²) >= 11 is 1.90. The second kappa shape index (κ2) is 4.64. The van der Waals surface area contributed by atoms with Crippen molar-refractivity contribution >= 4 is 11.3 Å². The van der Waals surface area contributed by atoms with E-state index in [1.165, 1.54) is 22.7 Å². The Kier molecular flexibility index (Phi) is 3.44. The lowest BCUT2D eigenvalue weighted by Gasteiger charge is -2.34. The molecular formula is C12H20N2S. The Balaban J connectivity index is 1.90. The molecule has 0 aromatic carbocycles. The molecule has 2 atom stereocenters. The fourth-order valence-electron chi connectivity index (χ4n) is 2.10. The van der Waals surface area contributed by atoms with Crippen LogP contribution in [-0.2, 0) is 6.54 Å². The van der Waals surface area contributed by atoms with Crippen LogP contribution in [0.15, 0.2) is 12.1 Å². The molecule has 1 aliphatic heterocycles. The number of hydrogen-bond acceptors (Lipinski definition) is 3. The second-order valence-electron chi connectivity index (χ2n) is 4.68. The standard InChI is InChI=1S/C12H20N2S/c1-9-5-6-14(8-12(9)13)7-11-4-3-10(2)15-11/h3-4,9,12H,5-8,13H2,1-2H3. The Morgan fingerprint density at radius 2 is 2.33 bits per heavy atom. The lowest BCUT2D eigenvalue weighted by Crippen LogP contribution is -2.46. The smallest absolute Gasteiger partial charge is 0.0328 e. The second-order valence-corrected chi connectivity index (χ2v) is 6.05. The quantitative estimate of drug-likeness (QED) is 0.834. The van der Waals surface area contributed by atoms with Gasteiger partial charge in [-0.05, 0) is 37.9 Å². The monoisotopic (exact) mass is 224 g/mol. The van der Waals surface area contributed by atoms with Crippen LogP contribution < -0.4 is 5.73 Å². The number of thiophene rings is 1. The van der Waals surface area contributed by atoms with Crippen LogP contribution in [0.3, 0.4) is 0 Å². The van der Waals surface area contributed by atoms with E-state index in [2.05, 4.69) is 30.9 Å². The largest absolute Gasteiger partial charge is 0.326 e. The van der Waals surface area contributed by atoms with E-state index in [1.54, 1.807) is 0 Å². The van der Waals surface area contributed by atoms with Crippen molar-refractivity contribution in [2.45, 2.75) is 32.9 Å². The van der Waals surface area contributed by atoms with Gasteiger partial charge in [0, 0.05) is 28.9 Å². The zero-order valence-corrected chi connectivity index (χ0v) is 10.4. The maximum absolute atomic E-state index is 6.09. The normalized spacial score (nSPS) is 28.2. The number of nitrogens with zero attached hydrogens (tertiary/aromatic N) is 1. The molecule has 2 nitrogen and oxygen atoms in total. The van der Waals surface area contributed by atoms with Gasteiger partial charge in [-0.3, -0.25) is 4.90 Å². The van der Waals surface area contributed by atoms with Crippen LogP contribution in [0.1, 0.15) is 23.1 Å². The highest BCUT2D eigenvalue weighted by atomic mass is 32.1. The maximum Gasteiger partial charge on any atom is 0.0328 e. The van der Waals surface area contributed by atoms with Gasteiger partial charge in [0.05, 0.1) is 0 Å². The van der Waals surface area contributed by atoms with Gasteiger partial charge in [0.15, 0.2) is 0 Å². The van der Waals surface area contributed by atoms with E-state index in [9.17, 15) is 0 Å². The summed E-state index contributed by atoms with van der Waals surface area (Å²) in [5.41, 5.74) is 6.09. The lowest BCUT2D eigenvalue weighted by molar-refractivity contribution is 0.163. The van der Waals surface area contributed by atoms with Crippen molar-refractivity contribution in [2.24, 2.45) is 11.7 Å². The van der Waals surface area contributed by atoms with Crippen molar-refractivity contribution in [3.63, 3.8) is 0 Å². The molecule has 2 heterocycles. The van der Waals surface area contributed by atoms with Gasteiger partial charge in [0.1, 0.15) is 0 Å². The van der Waals surface area contributed by atoms with Gasteiger partial charge in [-0.25, -0.2) is 0 Å². The fraction of sp³-hybridized carbons (Fsp3) is 0.667. The van der Waals surface area contributed by atoms with Gasteiger partial charge in [-0.15, -0.1) is 11.3 Å². The molecule has 0 aliphatic carbocycles. The van der Waals surface area contributed by atoms with Crippen molar-refractivity contribution in [3.8, 4) is 0 Å². The molecule has 1 fully saturated rings. The number of nitrogens with two attached hydrogens (primary N) is 1. The fourth-order valence-corrected chi connectivity index (χ4v) is 3.04. The summed E-state index contributed by atoms with van der Waals surface area (Å²) in [5, 5.41) is 0. The summed E-state index contributed by atoms with van der Waals surface area (Å²) in [7, 11) is 0. The summed E-state index contributed by atoms with van der Waals surface area (Å²) in [6.07, 6.45) is 1.24. The zero-order chi connectivity index (χ0) is 10.8. The van der Waals surface area contributed by atoms with E-state index in [-0.39, 0.29) is 0 Å². The molecule has 2 N–H and O–H groups in total. The van der Waals surface area contributed by atoms with Gasteiger partial charge in [0.2, 0.25) is 0 Å². The topological polar surface area (TPSA) is 29.3 Å². The summed E-state index contributed by atoms with van der Waals surface area (Å²) in [5.74, 6) is 0.686. The molecule has 0 radical (unpaired) electrons. The molecule has 0 spiro atoms. The number of aryl methyl sites for hydroxylation is 1. The van der Waals surface area contributed by atoms with Crippen LogP contribution in [0.25, 0.3) is 0 Å². The van der Waals surface area contributed by atoms with Gasteiger partial charge >= 0.3 is 0 Å². The third kappa shape index (κ3) is 2.80. The number of likely N-dealkylation sites (tertiary alicyclic amines) is 1. The molecular weight excluding hydrogens is 204 g/mol. The predicted molar refractivity (Wildman–Crippen MR) is 66.1 cm³/mol. The lowest BCUT2D eigenvalue weighted by atomic mass is 9.94. The molecule has 2 rings (SSSR count). The zero-order valence-electron chi connectivity index (χ0n) is 9.57. The number of piperidine rings is 1. The molecule has 2 unspecified atom stereocenters. The Hall–Kier alpha value is -0.380. The minimum atomic E-state index is 0.361. The molecule has 1 aromatic heterocycles. The minimum Gasteiger partial charge on any atom is -0.326 e. The Morgan fingerprint density at radius 3 is 2.93 bits per heavy atom. The van der Waals surface area contributed by atoms with Crippen molar-refractivity contribution in [2.75, 3.05) is 13.1 Å². The van der Waals surface area contributed by atoms with Crippen molar-refractivity contribution in [1.29, 1.82) is 0 Å². The van der Waals surface area contributed by atoms with Gasteiger partial charge in [-0.1, -0.05) is 6.92 Å². The van der Waals surface area contributed by atoms with Crippen LogP contribution in [0.5, 0.6) is 0 Å². The van der Waals surface area contributed by atoms with Crippen LogP contribution in [0, 0.1) is 12.8 Å². The van der Waals surface area contributed by atoms with Crippen LogP contribution in [0.2, 0.25) is 0 Å². The first-order valence-electron chi connectivity index (χ1n) is 5.68.